The van der Waals surface area contributed by atoms with Crippen LogP contribution in [-0.4, -0.2) is 36.3 Å². The smallest absolute Gasteiger partial charge is 0.221 e. The number of ether oxygens (including phenoxy) is 2. The number of hydrogen-bond donors (Lipinski definition) is 1. The van der Waals surface area contributed by atoms with E-state index in [1.165, 1.54) is 0 Å². The SMILES string of the molecule is CCCCOCCOc1nc(C)nc(NCCC)c1C. The average molecular weight is 281 g/mol. The van der Waals surface area contributed by atoms with E-state index >= 15 is 0 Å². The molecule has 20 heavy (non-hydrogen) atoms. The number of aromatic nitrogens is 2. The summed E-state index contributed by atoms with van der Waals surface area (Å²) in [7, 11) is 0. The van der Waals surface area contributed by atoms with Crippen molar-refractivity contribution in [2.24, 2.45) is 0 Å². The first-order valence-electron chi connectivity index (χ1n) is 7.48. The Morgan fingerprint density at radius 3 is 2.50 bits per heavy atom. The van der Waals surface area contributed by atoms with Crippen LogP contribution >= 0.6 is 0 Å². The standard InChI is InChI=1S/C15H27N3O2/c1-5-7-9-19-10-11-20-15-12(3)14(16-8-6-2)17-13(4)18-15/h5-11H2,1-4H3,(H,16,17,18). The van der Waals surface area contributed by atoms with Crippen molar-refractivity contribution in [3.05, 3.63) is 11.4 Å². The van der Waals surface area contributed by atoms with Crippen molar-refractivity contribution >= 4 is 5.82 Å². The first-order valence-corrected chi connectivity index (χ1v) is 7.48. The van der Waals surface area contributed by atoms with Gasteiger partial charge in [0.15, 0.2) is 0 Å². The van der Waals surface area contributed by atoms with Crippen LogP contribution in [0, 0.1) is 13.8 Å². The van der Waals surface area contributed by atoms with Crippen molar-refractivity contribution in [2.45, 2.75) is 47.0 Å². The van der Waals surface area contributed by atoms with Crippen LogP contribution in [0.25, 0.3) is 0 Å². The number of hydrogen-bond acceptors (Lipinski definition) is 5. The average Bonchev–Trinajstić information content (AvgIpc) is 2.44. The van der Waals surface area contributed by atoms with E-state index in [0.717, 1.165) is 49.6 Å². The lowest BCUT2D eigenvalue weighted by Gasteiger charge is -2.13. The Morgan fingerprint density at radius 2 is 1.80 bits per heavy atom. The van der Waals surface area contributed by atoms with Crippen LogP contribution < -0.4 is 10.1 Å². The number of anilines is 1. The summed E-state index contributed by atoms with van der Waals surface area (Å²) in [5.74, 6) is 2.23. The topological polar surface area (TPSA) is 56.3 Å². The number of nitrogens with one attached hydrogen (secondary N) is 1. The molecule has 1 aromatic rings. The first-order chi connectivity index (χ1) is 9.69. The summed E-state index contributed by atoms with van der Waals surface area (Å²) in [5.41, 5.74) is 0.956. The van der Waals surface area contributed by atoms with Crippen LogP contribution in [0.3, 0.4) is 0 Å². The Hall–Kier alpha value is -1.36. The van der Waals surface area contributed by atoms with Crippen LogP contribution in [0.5, 0.6) is 5.88 Å². The van der Waals surface area contributed by atoms with Gasteiger partial charge in [-0.2, -0.15) is 4.98 Å². The van der Waals surface area contributed by atoms with Gasteiger partial charge in [0.1, 0.15) is 18.2 Å². The summed E-state index contributed by atoms with van der Waals surface area (Å²) in [4.78, 5) is 8.75. The molecule has 5 nitrogen and oxygen atoms in total. The molecule has 114 valence electrons. The van der Waals surface area contributed by atoms with E-state index in [0.29, 0.717) is 19.1 Å². The van der Waals surface area contributed by atoms with Gasteiger partial charge in [-0.3, -0.25) is 0 Å². The van der Waals surface area contributed by atoms with E-state index in [9.17, 15) is 0 Å². The Bertz CT molecular complexity index is 397. The zero-order valence-electron chi connectivity index (χ0n) is 13.2. The molecule has 1 rings (SSSR count). The molecule has 0 unspecified atom stereocenters. The van der Waals surface area contributed by atoms with Gasteiger partial charge in [0.05, 0.1) is 12.2 Å². The second kappa shape index (κ2) is 9.53. The highest BCUT2D eigenvalue weighted by Crippen LogP contribution is 2.21. The maximum atomic E-state index is 5.70. The van der Waals surface area contributed by atoms with Crippen molar-refractivity contribution in [3.8, 4) is 5.88 Å². The Morgan fingerprint density at radius 1 is 1.00 bits per heavy atom. The molecule has 1 N–H and O–H groups in total. The van der Waals surface area contributed by atoms with Crippen LogP contribution in [0.15, 0.2) is 0 Å². The van der Waals surface area contributed by atoms with Gasteiger partial charge in [-0.25, -0.2) is 4.98 Å². The van der Waals surface area contributed by atoms with Crippen LogP contribution in [0.4, 0.5) is 5.82 Å². The van der Waals surface area contributed by atoms with Crippen molar-refractivity contribution in [1.29, 1.82) is 0 Å². The minimum atomic E-state index is 0.522. The molecule has 1 heterocycles. The van der Waals surface area contributed by atoms with Gasteiger partial charge in [-0.1, -0.05) is 20.3 Å². The normalized spacial score (nSPS) is 10.6. The maximum absolute atomic E-state index is 5.70. The van der Waals surface area contributed by atoms with E-state index in [-0.39, 0.29) is 0 Å². The molecule has 0 spiro atoms. The number of nitrogens with zero attached hydrogens (tertiary/aromatic N) is 2. The highest BCUT2D eigenvalue weighted by molar-refractivity contribution is 5.48. The van der Waals surface area contributed by atoms with Gasteiger partial charge in [0.25, 0.3) is 0 Å². The molecule has 0 fully saturated rings. The molecule has 0 amide bonds. The molecule has 0 saturated carbocycles. The molecule has 0 aromatic carbocycles. The summed E-state index contributed by atoms with van der Waals surface area (Å²) in [5, 5.41) is 3.30. The van der Waals surface area contributed by atoms with Crippen molar-refractivity contribution in [2.75, 3.05) is 31.7 Å². The van der Waals surface area contributed by atoms with E-state index in [1.54, 1.807) is 0 Å². The molecule has 1 aromatic heterocycles. The molecule has 0 saturated heterocycles. The van der Waals surface area contributed by atoms with Crippen molar-refractivity contribution in [3.63, 3.8) is 0 Å². The van der Waals surface area contributed by atoms with E-state index in [4.69, 9.17) is 9.47 Å². The van der Waals surface area contributed by atoms with Gasteiger partial charge in [0.2, 0.25) is 5.88 Å². The van der Waals surface area contributed by atoms with Crippen LogP contribution in [0.2, 0.25) is 0 Å². The second-order valence-electron chi connectivity index (χ2n) is 4.79. The third-order valence-electron chi connectivity index (χ3n) is 2.86. The Kier molecular flexibility index (Phi) is 7.95. The lowest BCUT2D eigenvalue weighted by molar-refractivity contribution is 0.0962. The van der Waals surface area contributed by atoms with E-state index < -0.39 is 0 Å². The molecule has 0 atom stereocenters. The molecule has 0 radical (unpaired) electrons. The highest BCUT2D eigenvalue weighted by atomic mass is 16.5. The maximum Gasteiger partial charge on any atom is 0.221 e. The van der Waals surface area contributed by atoms with Crippen molar-refractivity contribution < 1.29 is 9.47 Å². The zero-order valence-corrected chi connectivity index (χ0v) is 13.2. The fourth-order valence-electron chi connectivity index (χ4n) is 1.70. The Labute approximate surface area is 122 Å². The molecular formula is C15H27N3O2. The molecule has 0 aliphatic rings. The molecule has 0 bridgehead atoms. The van der Waals surface area contributed by atoms with Gasteiger partial charge in [0, 0.05) is 13.2 Å². The third kappa shape index (κ3) is 5.74. The lowest BCUT2D eigenvalue weighted by Crippen LogP contribution is -2.12. The molecular weight excluding hydrogens is 254 g/mol. The molecule has 0 aliphatic carbocycles. The van der Waals surface area contributed by atoms with Gasteiger partial charge in [-0.05, 0) is 26.7 Å². The Balaban J connectivity index is 2.49. The summed E-state index contributed by atoms with van der Waals surface area (Å²) < 4.78 is 11.2. The summed E-state index contributed by atoms with van der Waals surface area (Å²) in [6, 6.07) is 0. The number of rotatable bonds is 10. The summed E-state index contributed by atoms with van der Waals surface area (Å²) >= 11 is 0. The van der Waals surface area contributed by atoms with Gasteiger partial charge in [-0.15, -0.1) is 0 Å². The second-order valence-corrected chi connectivity index (χ2v) is 4.79. The number of unbranched alkanes of at least 4 members (excludes halogenated alkanes) is 1. The van der Waals surface area contributed by atoms with E-state index in [1.807, 2.05) is 13.8 Å². The largest absolute Gasteiger partial charge is 0.475 e. The third-order valence-corrected chi connectivity index (χ3v) is 2.86. The molecule has 0 aliphatic heterocycles. The first kappa shape index (κ1) is 16.7. The lowest BCUT2D eigenvalue weighted by atomic mass is 10.3. The fourth-order valence-corrected chi connectivity index (χ4v) is 1.70. The summed E-state index contributed by atoms with van der Waals surface area (Å²) in [6.45, 7) is 10.9. The monoisotopic (exact) mass is 281 g/mol. The number of aryl methyl sites for hydroxylation is 1. The van der Waals surface area contributed by atoms with Crippen molar-refractivity contribution in [1.82, 2.24) is 9.97 Å². The fraction of sp³-hybridized carbons (Fsp3) is 0.733. The van der Waals surface area contributed by atoms with Gasteiger partial charge < -0.3 is 14.8 Å². The van der Waals surface area contributed by atoms with Crippen LogP contribution in [0.1, 0.15) is 44.5 Å². The minimum absolute atomic E-state index is 0.522. The quantitative estimate of drug-likeness (QED) is 0.668. The van der Waals surface area contributed by atoms with Crippen LogP contribution in [-0.2, 0) is 4.74 Å². The van der Waals surface area contributed by atoms with E-state index in [2.05, 4.69) is 29.1 Å². The molecule has 5 heteroatoms. The minimum Gasteiger partial charge on any atom is -0.475 e. The summed E-state index contributed by atoms with van der Waals surface area (Å²) in [6.07, 6.45) is 3.30. The van der Waals surface area contributed by atoms with Gasteiger partial charge >= 0.3 is 0 Å². The predicted octanol–water partition coefficient (Wildman–Crippen LogP) is 3.11. The zero-order chi connectivity index (χ0) is 14.8. The predicted molar refractivity (Wildman–Crippen MR) is 81.5 cm³/mol. The highest BCUT2D eigenvalue weighted by Gasteiger charge is 2.09.